The van der Waals surface area contributed by atoms with Crippen LogP contribution in [0.2, 0.25) is 5.02 Å². The molecule has 0 aliphatic carbocycles. The zero-order valence-electron chi connectivity index (χ0n) is 8.58. The molecule has 1 aromatic rings. The first-order valence-corrected chi connectivity index (χ1v) is 5.92. The number of carbonyl (C=O) groups excluding carboxylic acids is 1. The van der Waals surface area contributed by atoms with Crippen LogP contribution in [0.5, 0.6) is 5.75 Å². The molecule has 0 atom stereocenters. The van der Waals surface area contributed by atoms with Crippen molar-refractivity contribution in [3.63, 3.8) is 0 Å². The Labute approximate surface area is 104 Å². The van der Waals surface area contributed by atoms with E-state index in [2.05, 4.69) is 0 Å². The normalized spacial score (nSPS) is 14.6. The van der Waals surface area contributed by atoms with E-state index >= 15 is 0 Å². The van der Waals surface area contributed by atoms with Gasteiger partial charge in [-0.15, -0.1) is 11.6 Å². The number of rotatable bonds is 3. The number of alkyl halides is 1. The van der Waals surface area contributed by atoms with Crippen LogP contribution in [0.1, 0.15) is 6.42 Å². The van der Waals surface area contributed by atoms with Crippen LogP contribution in [-0.2, 0) is 4.79 Å². The van der Waals surface area contributed by atoms with Crippen LogP contribution in [0.25, 0.3) is 0 Å². The van der Waals surface area contributed by atoms with Crippen molar-refractivity contribution >= 4 is 34.8 Å². The summed E-state index contributed by atoms with van der Waals surface area (Å²) in [5, 5.41) is 0.591. The Morgan fingerprint density at radius 2 is 2.25 bits per heavy atom. The summed E-state index contributed by atoms with van der Waals surface area (Å²) >= 11 is 11.5. The van der Waals surface area contributed by atoms with E-state index in [0.717, 1.165) is 12.1 Å². The van der Waals surface area contributed by atoms with Gasteiger partial charge in [-0.3, -0.25) is 4.79 Å². The average molecular weight is 260 g/mol. The van der Waals surface area contributed by atoms with Gasteiger partial charge in [-0.25, -0.2) is 0 Å². The van der Waals surface area contributed by atoms with Gasteiger partial charge in [0.1, 0.15) is 5.75 Å². The number of ether oxygens (including phenoxy) is 1. The second-order valence-corrected chi connectivity index (χ2v) is 4.30. The van der Waals surface area contributed by atoms with Gasteiger partial charge in [0.15, 0.2) is 6.61 Å². The summed E-state index contributed by atoms with van der Waals surface area (Å²) in [6.07, 6.45) is 0.749. The van der Waals surface area contributed by atoms with E-state index in [1.165, 1.54) is 0 Å². The highest BCUT2D eigenvalue weighted by Crippen LogP contribution is 2.34. The Hall–Kier alpha value is -0.930. The molecular formula is C11H11Cl2NO2. The maximum absolute atomic E-state index is 11.7. The van der Waals surface area contributed by atoms with E-state index in [4.69, 9.17) is 27.9 Å². The zero-order valence-corrected chi connectivity index (χ0v) is 10.1. The first-order valence-electron chi connectivity index (χ1n) is 5.01. The predicted molar refractivity (Wildman–Crippen MR) is 64.6 cm³/mol. The van der Waals surface area contributed by atoms with Crippen molar-refractivity contribution in [2.45, 2.75) is 6.42 Å². The fourth-order valence-electron chi connectivity index (χ4n) is 1.64. The number of amides is 1. The van der Waals surface area contributed by atoms with Gasteiger partial charge in [-0.05, 0) is 24.6 Å². The maximum Gasteiger partial charge on any atom is 0.265 e. The highest BCUT2D eigenvalue weighted by atomic mass is 35.5. The van der Waals surface area contributed by atoms with Crippen molar-refractivity contribution in [3.05, 3.63) is 23.2 Å². The van der Waals surface area contributed by atoms with E-state index in [1.807, 2.05) is 0 Å². The number of carbonyl (C=O) groups is 1. The van der Waals surface area contributed by atoms with Crippen molar-refractivity contribution in [2.24, 2.45) is 0 Å². The molecule has 0 aromatic heterocycles. The van der Waals surface area contributed by atoms with E-state index < -0.39 is 0 Å². The van der Waals surface area contributed by atoms with Crippen molar-refractivity contribution in [1.29, 1.82) is 0 Å². The topological polar surface area (TPSA) is 29.5 Å². The molecule has 5 heteroatoms. The Morgan fingerprint density at radius 1 is 1.44 bits per heavy atom. The lowest BCUT2D eigenvalue weighted by molar-refractivity contribution is -0.121. The Bertz CT molecular complexity index is 409. The molecule has 86 valence electrons. The molecule has 1 aliphatic rings. The van der Waals surface area contributed by atoms with Crippen LogP contribution >= 0.6 is 23.2 Å². The molecule has 1 heterocycles. The molecule has 2 rings (SSSR count). The summed E-state index contributed by atoms with van der Waals surface area (Å²) in [7, 11) is 0. The lowest BCUT2D eigenvalue weighted by Gasteiger charge is -2.29. The molecule has 0 saturated carbocycles. The minimum absolute atomic E-state index is 0.0557. The molecule has 1 aromatic carbocycles. The number of nitrogens with zero attached hydrogens (tertiary/aromatic N) is 1. The predicted octanol–water partition coefficient (Wildman–Crippen LogP) is 2.69. The highest BCUT2D eigenvalue weighted by Gasteiger charge is 2.24. The van der Waals surface area contributed by atoms with E-state index in [0.29, 0.717) is 23.2 Å². The molecule has 0 N–H and O–H groups in total. The molecule has 0 spiro atoms. The quantitative estimate of drug-likeness (QED) is 0.782. The Balaban J connectivity index is 2.31. The van der Waals surface area contributed by atoms with Crippen LogP contribution in [0.3, 0.4) is 0 Å². The second-order valence-electron chi connectivity index (χ2n) is 3.49. The summed E-state index contributed by atoms with van der Waals surface area (Å²) < 4.78 is 5.32. The smallest absolute Gasteiger partial charge is 0.265 e. The lowest BCUT2D eigenvalue weighted by Crippen LogP contribution is -2.39. The summed E-state index contributed by atoms with van der Waals surface area (Å²) in [4.78, 5) is 13.4. The monoisotopic (exact) mass is 259 g/mol. The fraction of sp³-hybridized carbons (Fsp3) is 0.364. The molecule has 1 aliphatic heterocycles. The van der Waals surface area contributed by atoms with Crippen LogP contribution in [0, 0.1) is 0 Å². The average Bonchev–Trinajstić information content (AvgIpc) is 2.28. The summed E-state index contributed by atoms with van der Waals surface area (Å²) in [5.74, 6) is 1.17. The van der Waals surface area contributed by atoms with E-state index in [1.54, 1.807) is 23.1 Å². The van der Waals surface area contributed by atoms with Gasteiger partial charge < -0.3 is 9.64 Å². The van der Waals surface area contributed by atoms with Gasteiger partial charge >= 0.3 is 0 Å². The zero-order chi connectivity index (χ0) is 11.5. The molecule has 0 radical (unpaired) electrons. The molecule has 0 fully saturated rings. The molecule has 16 heavy (non-hydrogen) atoms. The fourth-order valence-corrected chi connectivity index (χ4v) is 1.92. The number of hydrogen-bond donors (Lipinski definition) is 0. The third-order valence-electron chi connectivity index (χ3n) is 2.38. The second kappa shape index (κ2) is 4.93. The Morgan fingerprint density at radius 3 is 3.00 bits per heavy atom. The third kappa shape index (κ3) is 2.25. The van der Waals surface area contributed by atoms with Crippen molar-refractivity contribution in [3.8, 4) is 5.75 Å². The summed E-state index contributed by atoms with van der Waals surface area (Å²) in [5.41, 5.74) is 0.730. The molecular weight excluding hydrogens is 249 g/mol. The van der Waals surface area contributed by atoms with Gasteiger partial charge in [0, 0.05) is 17.4 Å². The van der Waals surface area contributed by atoms with Gasteiger partial charge in [-0.2, -0.15) is 0 Å². The minimum Gasteiger partial charge on any atom is -0.482 e. The van der Waals surface area contributed by atoms with Gasteiger partial charge in [-0.1, -0.05) is 11.6 Å². The summed E-state index contributed by atoms with van der Waals surface area (Å²) in [6.45, 7) is 0.677. The number of anilines is 1. The van der Waals surface area contributed by atoms with Crippen molar-refractivity contribution in [1.82, 2.24) is 0 Å². The number of halogens is 2. The first kappa shape index (κ1) is 11.6. The van der Waals surface area contributed by atoms with Crippen molar-refractivity contribution in [2.75, 3.05) is 23.9 Å². The third-order valence-corrected chi connectivity index (χ3v) is 2.88. The van der Waals surface area contributed by atoms with Crippen LogP contribution < -0.4 is 9.64 Å². The van der Waals surface area contributed by atoms with Crippen LogP contribution in [-0.4, -0.2) is 24.9 Å². The molecule has 3 nitrogen and oxygen atoms in total. The molecule has 0 unspecified atom stereocenters. The highest BCUT2D eigenvalue weighted by molar-refractivity contribution is 6.31. The van der Waals surface area contributed by atoms with Crippen LogP contribution in [0.15, 0.2) is 18.2 Å². The molecule has 0 saturated heterocycles. The van der Waals surface area contributed by atoms with Gasteiger partial charge in [0.2, 0.25) is 0 Å². The lowest BCUT2D eigenvalue weighted by atomic mass is 10.2. The SMILES string of the molecule is O=C1COc2ccc(Cl)cc2N1CCCCl. The van der Waals surface area contributed by atoms with Crippen molar-refractivity contribution < 1.29 is 9.53 Å². The van der Waals surface area contributed by atoms with E-state index in [9.17, 15) is 4.79 Å². The Kier molecular flexibility index (Phi) is 3.56. The summed E-state index contributed by atoms with van der Waals surface area (Å²) in [6, 6.07) is 5.26. The molecule has 0 bridgehead atoms. The number of fused-ring (bicyclic) bond motifs is 1. The standard InChI is InChI=1S/C11H11Cl2NO2/c12-4-1-5-14-9-6-8(13)2-3-10(9)16-7-11(14)15/h2-3,6H,1,4-5,7H2. The minimum atomic E-state index is -0.0557. The number of hydrogen-bond acceptors (Lipinski definition) is 2. The molecule has 1 amide bonds. The first-order chi connectivity index (χ1) is 7.72. The largest absolute Gasteiger partial charge is 0.482 e. The van der Waals surface area contributed by atoms with Gasteiger partial charge in [0.05, 0.1) is 5.69 Å². The van der Waals surface area contributed by atoms with Crippen LogP contribution in [0.4, 0.5) is 5.69 Å². The van der Waals surface area contributed by atoms with E-state index in [-0.39, 0.29) is 12.5 Å². The number of benzene rings is 1. The maximum atomic E-state index is 11.7. The van der Waals surface area contributed by atoms with Gasteiger partial charge in [0.25, 0.3) is 5.91 Å².